The smallest absolute Gasteiger partial charge is 0.147 e. The second-order valence-corrected chi connectivity index (χ2v) is 4.71. The predicted molar refractivity (Wildman–Crippen MR) is 59.0 cm³/mol. The zero-order chi connectivity index (χ0) is 10.3. The normalized spacial score (nSPS) is 33.3. The van der Waals surface area contributed by atoms with Crippen molar-refractivity contribution in [2.45, 2.75) is 24.9 Å². The summed E-state index contributed by atoms with van der Waals surface area (Å²) in [5.41, 5.74) is 0. The SMILES string of the molecule is Clc1cnc(N[C@@H]2C[C@H]3CN[C@H]2C3)cn1. The monoisotopic (exact) mass is 224 g/mol. The molecule has 1 saturated carbocycles. The molecule has 3 rings (SSSR count). The van der Waals surface area contributed by atoms with Crippen LogP contribution >= 0.6 is 11.6 Å². The Balaban J connectivity index is 1.68. The molecule has 1 aliphatic carbocycles. The Kier molecular flexibility index (Phi) is 2.25. The fourth-order valence-electron chi connectivity index (χ4n) is 2.59. The fraction of sp³-hybridized carbons (Fsp3) is 0.600. The van der Waals surface area contributed by atoms with Crippen LogP contribution in [0.25, 0.3) is 0 Å². The molecule has 1 aromatic heterocycles. The number of anilines is 1. The van der Waals surface area contributed by atoms with Gasteiger partial charge in [0.05, 0.1) is 12.4 Å². The quantitative estimate of drug-likeness (QED) is 0.795. The molecule has 0 spiro atoms. The van der Waals surface area contributed by atoms with E-state index in [4.69, 9.17) is 11.6 Å². The average Bonchev–Trinajstić information content (AvgIpc) is 2.83. The lowest BCUT2D eigenvalue weighted by molar-refractivity contribution is 0.465. The Morgan fingerprint density at radius 2 is 2.27 bits per heavy atom. The first kappa shape index (κ1) is 9.36. The van der Waals surface area contributed by atoms with Gasteiger partial charge in [0.1, 0.15) is 11.0 Å². The van der Waals surface area contributed by atoms with Crippen molar-refractivity contribution in [2.24, 2.45) is 5.92 Å². The van der Waals surface area contributed by atoms with Crippen molar-refractivity contribution in [1.82, 2.24) is 15.3 Å². The molecule has 4 nitrogen and oxygen atoms in total. The summed E-state index contributed by atoms with van der Waals surface area (Å²) in [5.74, 6) is 1.66. The molecule has 3 atom stereocenters. The number of hydrogen-bond acceptors (Lipinski definition) is 4. The summed E-state index contributed by atoms with van der Waals surface area (Å²) >= 11 is 5.68. The Hall–Kier alpha value is -0.870. The summed E-state index contributed by atoms with van der Waals surface area (Å²) in [7, 11) is 0. The van der Waals surface area contributed by atoms with E-state index in [0.717, 1.165) is 11.7 Å². The van der Waals surface area contributed by atoms with Gasteiger partial charge in [0.2, 0.25) is 0 Å². The van der Waals surface area contributed by atoms with Crippen LogP contribution in [-0.4, -0.2) is 28.6 Å². The summed E-state index contributed by atoms with van der Waals surface area (Å²) in [5, 5.41) is 7.34. The van der Waals surface area contributed by atoms with Crippen molar-refractivity contribution < 1.29 is 0 Å². The van der Waals surface area contributed by atoms with E-state index in [1.54, 1.807) is 12.4 Å². The lowest BCUT2D eigenvalue weighted by Crippen LogP contribution is -2.41. The number of aromatic nitrogens is 2. The number of nitrogens with zero attached hydrogens (tertiary/aromatic N) is 2. The maximum absolute atomic E-state index is 5.68. The Morgan fingerprint density at radius 3 is 2.87 bits per heavy atom. The van der Waals surface area contributed by atoms with Crippen LogP contribution in [0.5, 0.6) is 0 Å². The van der Waals surface area contributed by atoms with Crippen LogP contribution in [0.2, 0.25) is 5.15 Å². The van der Waals surface area contributed by atoms with Crippen molar-refractivity contribution in [3.63, 3.8) is 0 Å². The molecule has 2 aliphatic rings. The van der Waals surface area contributed by atoms with Crippen LogP contribution in [-0.2, 0) is 0 Å². The van der Waals surface area contributed by atoms with Gasteiger partial charge in [-0.15, -0.1) is 0 Å². The highest BCUT2D eigenvalue weighted by atomic mass is 35.5. The first-order chi connectivity index (χ1) is 7.31. The topological polar surface area (TPSA) is 49.8 Å². The van der Waals surface area contributed by atoms with Gasteiger partial charge in [0, 0.05) is 12.1 Å². The molecular weight excluding hydrogens is 212 g/mol. The number of rotatable bonds is 2. The second-order valence-electron chi connectivity index (χ2n) is 4.33. The van der Waals surface area contributed by atoms with Crippen LogP contribution < -0.4 is 10.6 Å². The largest absolute Gasteiger partial charge is 0.364 e. The molecule has 2 N–H and O–H groups in total. The van der Waals surface area contributed by atoms with Gasteiger partial charge >= 0.3 is 0 Å². The van der Waals surface area contributed by atoms with Crippen LogP contribution in [0.4, 0.5) is 5.82 Å². The highest BCUT2D eigenvalue weighted by Gasteiger charge is 2.39. The van der Waals surface area contributed by atoms with Crippen LogP contribution in [0.3, 0.4) is 0 Å². The van der Waals surface area contributed by atoms with Gasteiger partial charge in [0.25, 0.3) is 0 Å². The fourth-order valence-corrected chi connectivity index (χ4v) is 2.69. The summed E-state index contributed by atoms with van der Waals surface area (Å²) < 4.78 is 0. The van der Waals surface area contributed by atoms with E-state index in [2.05, 4.69) is 20.6 Å². The first-order valence-electron chi connectivity index (χ1n) is 5.29. The molecule has 0 aromatic carbocycles. The number of nitrogens with one attached hydrogen (secondary N) is 2. The minimum Gasteiger partial charge on any atom is -0.364 e. The highest BCUT2D eigenvalue weighted by molar-refractivity contribution is 6.29. The molecule has 0 unspecified atom stereocenters. The Bertz CT molecular complexity index is 353. The molecule has 2 bridgehead atoms. The standard InChI is InChI=1S/C10H13ClN4/c11-9-4-14-10(5-13-9)15-8-2-6-1-7(8)12-3-6/h4-8,12H,1-3H2,(H,14,15)/t6-,7-,8+/m0/s1. The Morgan fingerprint density at radius 1 is 1.33 bits per heavy atom. The van der Waals surface area contributed by atoms with E-state index < -0.39 is 0 Å². The van der Waals surface area contributed by atoms with E-state index >= 15 is 0 Å². The van der Waals surface area contributed by atoms with Gasteiger partial charge in [-0.2, -0.15) is 0 Å². The minimum absolute atomic E-state index is 0.437. The van der Waals surface area contributed by atoms with Crippen molar-refractivity contribution in [2.75, 3.05) is 11.9 Å². The molecule has 2 fully saturated rings. The maximum Gasteiger partial charge on any atom is 0.147 e. The molecular formula is C10H13ClN4. The van der Waals surface area contributed by atoms with Gasteiger partial charge in [-0.25, -0.2) is 9.97 Å². The van der Waals surface area contributed by atoms with Gasteiger partial charge in [-0.3, -0.25) is 0 Å². The van der Waals surface area contributed by atoms with Gasteiger partial charge in [-0.1, -0.05) is 11.6 Å². The van der Waals surface area contributed by atoms with Crippen LogP contribution in [0.1, 0.15) is 12.8 Å². The third-order valence-electron chi connectivity index (χ3n) is 3.28. The van der Waals surface area contributed by atoms with Gasteiger partial charge < -0.3 is 10.6 Å². The van der Waals surface area contributed by atoms with E-state index in [9.17, 15) is 0 Å². The summed E-state index contributed by atoms with van der Waals surface area (Å²) in [6, 6.07) is 1.10. The van der Waals surface area contributed by atoms with E-state index in [-0.39, 0.29) is 0 Å². The lowest BCUT2D eigenvalue weighted by atomic mass is 10.1. The predicted octanol–water partition coefficient (Wildman–Crippen LogP) is 1.29. The van der Waals surface area contributed by atoms with Crippen molar-refractivity contribution in [3.8, 4) is 0 Å². The molecule has 1 saturated heterocycles. The minimum atomic E-state index is 0.437. The molecule has 5 heteroatoms. The lowest BCUT2D eigenvalue weighted by Gasteiger charge is -2.24. The molecule has 2 heterocycles. The maximum atomic E-state index is 5.68. The molecule has 0 radical (unpaired) electrons. The number of halogens is 1. The highest BCUT2D eigenvalue weighted by Crippen LogP contribution is 2.32. The van der Waals surface area contributed by atoms with Gasteiger partial charge in [-0.05, 0) is 25.3 Å². The average molecular weight is 225 g/mol. The summed E-state index contributed by atoms with van der Waals surface area (Å²) in [6.07, 6.45) is 5.79. The third-order valence-corrected chi connectivity index (χ3v) is 3.48. The number of hydrogen-bond donors (Lipinski definition) is 2. The van der Waals surface area contributed by atoms with E-state index in [1.165, 1.54) is 19.4 Å². The second kappa shape index (κ2) is 3.61. The molecule has 1 aromatic rings. The van der Waals surface area contributed by atoms with Gasteiger partial charge in [0.15, 0.2) is 0 Å². The van der Waals surface area contributed by atoms with E-state index in [1.807, 2.05) is 0 Å². The Labute approximate surface area is 93.5 Å². The van der Waals surface area contributed by atoms with Crippen molar-refractivity contribution in [1.29, 1.82) is 0 Å². The zero-order valence-electron chi connectivity index (χ0n) is 8.28. The van der Waals surface area contributed by atoms with Crippen LogP contribution in [0.15, 0.2) is 12.4 Å². The summed E-state index contributed by atoms with van der Waals surface area (Å²) in [6.45, 7) is 1.18. The molecule has 15 heavy (non-hydrogen) atoms. The number of fused-ring (bicyclic) bond motifs is 2. The summed E-state index contributed by atoms with van der Waals surface area (Å²) in [4.78, 5) is 8.20. The zero-order valence-corrected chi connectivity index (χ0v) is 9.04. The van der Waals surface area contributed by atoms with Crippen molar-refractivity contribution >= 4 is 17.4 Å². The van der Waals surface area contributed by atoms with E-state index in [0.29, 0.717) is 17.2 Å². The van der Waals surface area contributed by atoms with Crippen LogP contribution in [0, 0.1) is 5.92 Å². The first-order valence-corrected chi connectivity index (χ1v) is 5.66. The third kappa shape index (κ3) is 1.79. The molecule has 1 aliphatic heterocycles. The molecule has 80 valence electrons. The van der Waals surface area contributed by atoms with Crippen molar-refractivity contribution in [3.05, 3.63) is 17.5 Å². The number of piperidine rings is 1. The molecule has 0 amide bonds.